The van der Waals surface area contributed by atoms with Crippen LogP contribution in [0.5, 0.6) is 0 Å². The van der Waals surface area contributed by atoms with Gasteiger partial charge >= 0.3 is 5.97 Å². The van der Waals surface area contributed by atoms with Gasteiger partial charge in [0.05, 0.1) is 5.57 Å². The molecule has 0 amide bonds. The first-order valence-corrected chi connectivity index (χ1v) is 5.88. The van der Waals surface area contributed by atoms with Crippen molar-refractivity contribution >= 4 is 5.97 Å². The molecule has 0 radical (unpaired) electrons. The molecule has 3 N–H and O–H groups in total. The summed E-state index contributed by atoms with van der Waals surface area (Å²) in [6.45, 7) is 0. The maximum atomic E-state index is 11.1. The van der Waals surface area contributed by atoms with E-state index in [-0.39, 0.29) is 5.41 Å². The molecule has 0 heterocycles. The maximum Gasteiger partial charge on any atom is 0.333 e. The normalized spacial score (nSPS) is 25.6. The zero-order valence-corrected chi connectivity index (χ0v) is 9.09. The lowest BCUT2D eigenvalue weighted by Gasteiger charge is -2.29. The minimum atomic E-state index is -0.805. The van der Waals surface area contributed by atoms with Crippen molar-refractivity contribution in [3.8, 4) is 0 Å². The summed E-state index contributed by atoms with van der Waals surface area (Å²) < 4.78 is 0. The lowest BCUT2D eigenvalue weighted by molar-refractivity contribution is -0.132. The van der Waals surface area contributed by atoms with Crippen LogP contribution >= 0.6 is 0 Å². The number of aliphatic carboxylic acids is 1. The summed E-state index contributed by atoms with van der Waals surface area (Å²) in [5.74, 6) is -0.805. The van der Waals surface area contributed by atoms with E-state index < -0.39 is 5.97 Å². The first-order valence-electron chi connectivity index (χ1n) is 5.88. The minimum Gasteiger partial charge on any atom is -0.478 e. The number of carbonyl (C=O) groups is 1. The van der Waals surface area contributed by atoms with Gasteiger partial charge in [-0.1, -0.05) is 19.3 Å². The Labute approximate surface area is 90.3 Å². The molecule has 84 valence electrons. The zero-order valence-electron chi connectivity index (χ0n) is 9.09. The standard InChI is InChI=1S/C12H19NO2/c13-10-9(11(14)15)5-1-2-6-12(10)7-3-4-8-12/h1-8,13H2,(H,14,15). The van der Waals surface area contributed by atoms with Crippen LogP contribution in [0.15, 0.2) is 11.3 Å². The van der Waals surface area contributed by atoms with Crippen LogP contribution in [0.1, 0.15) is 51.4 Å². The lowest BCUT2D eigenvalue weighted by atomic mass is 9.78. The van der Waals surface area contributed by atoms with Crippen LogP contribution in [0.4, 0.5) is 0 Å². The third-order valence-corrected chi connectivity index (χ3v) is 4.05. The summed E-state index contributed by atoms with van der Waals surface area (Å²) in [4.78, 5) is 11.1. The molecule has 3 nitrogen and oxygen atoms in total. The molecule has 15 heavy (non-hydrogen) atoms. The number of rotatable bonds is 1. The highest BCUT2D eigenvalue weighted by Crippen LogP contribution is 2.49. The SMILES string of the molecule is NC1=C(C(=O)O)CCCCC12CCCC2. The van der Waals surface area contributed by atoms with Crippen LogP contribution in [0.25, 0.3) is 0 Å². The fraction of sp³-hybridized carbons (Fsp3) is 0.750. The Morgan fingerprint density at radius 3 is 2.20 bits per heavy atom. The second kappa shape index (κ2) is 3.87. The molecule has 0 aromatic rings. The van der Waals surface area contributed by atoms with Crippen molar-refractivity contribution in [3.05, 3.63) is 11.3 Å². The summed E-state index contributed by atoms with van der Waals surface area (Å²) in [6.07, 6.45) is 8.44. The maximum absolute atomic E-state index is 11.1. The molecule has 0 saturated heterocycles. The molecular formula is C12H19NO2. The number of nitrogens with two attached hydrogens (primary N) is 1. The van der Waals surface area contributed by atoms with Gasteiger partial charge in [0.15, 0.2) is 0 Å². The highest BCUT2D eigenvalue weighted by molar-refractivity contribution is 5.87. The largest absolute Gasteiger partial charge is 0.478 e. The van der Waals surface area contributed by atoms with Crippen molar-refractivity contribution in [2.75, 3.05) is 0 Å². The molecule has 0 aromatic heterocycles. The van der Waals surface area contributed by atoms with Crippen LogP contribution < -0.4 is 5.73 Å². The molecule has 0 bridgehead atoms. The summed E-state index contributed by atoms with van der Waals surface area (Å²) in [7, 11) is 0. The van der Waals surface area contributed by atoms with Gasteiger partial charge in [-0.2, -0.15) is 0 Å². The van der Waals surface area contributed by atoms with Crippen molar-refractivity contribution in [3.63, 3.8) is 0 Å². The number of allylic oxidation sites excluding steroid dienone is 1. The van der Waals surface area contributed by atoms with E-state index in [1.54, 1.807) is 0 Å². The van der Waals surface area contributed by atoms with Gasteiger partial charge in [-0.15, -0.1) is 0 Å². The molecule has 2 rings (SSSR count). The van der Waals surface area contributed by atoms with E-state index in [1.165, 1.54) is 12.8 Å². The van der Waals surface area contributed by atoms with Gasteiger partial charge in [-0.25, -0.2) is 4.79 Å². The van der Waals surface area contributed by atoms with Gasteiger partial charge < -0.3 is 10.8 Å². The summed E-state index contributed by atoms with van der Waals surface area (Å²) in [5.41, 5.74) is 7.36. The molecule has 0 aliphatic heterocycles. The Bertz CT molecular complexity index is 301. The molecular weight excluding hydrogens is 190 g/mol. The van der Waals surface area contributed by atoms with E-state index >= 15 is 0 Å². The number of hydrogen-bond donors (Lipinski definition) is 2. The zero-order chi connectivity index (χ0) is 10.9. The molecule has 2 aliphatic carbocycles. The lowest BCUT2D eigenvalue weighted by Crippen LogP contribution is -2.27. The molecule has 0 unspecified atom stereocenters. The second-order valence-electron chi connectivity index (χ2n) is 4.89. The average Bonchev–Trinajstić information content (AvgIpc) is 2.59. The van der Waals surface area contributed by atoms with E-state index in [0.29, 0.717) is 17.7 Å². The van der Waals surface area contributed by atoms with Gasteiger partial charge in [-0.05, 0) is 32.1 Å². The van der Waals surface area contributed by atoms with Crippen molar-refractivity contribution in [2.45, 2.75) is 51.4 Å². The van der Waals surface area contributed by atoms with Crippen molar-refractivity contribution in [1.82, 2.24) is 0 Å². The molecule has 0 aromatic carbocycles. The first-order chi connectivity index (χ1) is 7.16. The second-order valence-corrected chi connectivity index (χ2v) is 4.89. The van der Waals surface area contributed by atoms with Gasteiger partial charge in [0.25, 0.3) is 0 Å². The highest BCUT2D eigenvalue weighted by Gasteiger charge is 2.39. The van der Waals surface area contributed by atoms with E-state index in [0.717, 1.165) is 32.1 Å². The van der Waals surface area contributed by atoms with Crippen molar-refractivity contribution in [1.29, 1.82) is 0 Å². The van der Waals surface area contributed by atoms with E-state index in [1.807, 2.05) is 0 Å². The minimum absolute atomic E-state index is 0.0459. The fourth-order valence-corrected chi connectivity index (χ4v) is 3.15. The third kappa shape index (κ3) is 1.75. The summed E-state index contributed by atoms with van der Waals surface area (Å²) in [6, 6.07) is 0. The Kier molecular flexibility index (Phi) is 2.72. The van der Waals surface area contributed by atoms with E-state index in [4.69, 9.17) is 10.8 Å². The van der Waals surface area contributed by atoms with Crippen LogP contribution in [0.3, 0.4) is 0 Å². The van der Waals surface area contributed by atoms with Crippen LogP contribution in [0.2, 0.25) is 0 Å². The molecule has 3 heteroatoms. The van der Waals surface area contributed by atoms with Gasteiger partial charge in [0.2, 0.25) is 0 Å². The number of hydrogen-bond acceptors (Lipinski definition) is 2. The molecule has 1 saturated carbocycles. The number of carboxylic acid groups (broad SMARTS) is 1. The van der Waals surface area contributed by atoms with Gasteiger partial charge in [0.1, 0.15) is 0 Å². The predicted octanol–water partition coefficient (Wildman–Crippen LogP) is 2.42. The summed E-state index contributed by atoms with van der Waals surface area (Å²) in [5, 5.41) is 9.14. The number of carboxylic acids is 1. The Morgan fingerprint density at radius 2 is 1.67 bits per heavy atom. The van der Waals surface area contributed by atoms with Gasteiger partial charge in [-0.3, -0.25) is 0 Å². The topological polar surface area (TPSA) is 63.3 Å². The predicted molar refractivity (Wildman–Crippen MR) is 58.2 cm³/mol. The van der Waals surface area contributed by atoms with Gasteiger partial charge in [0, 0.05) is 11.1 Å². The molecule has 2 aliphatic rings. The van der Waals surface area contributed by atoms with Crippen molar-refractivity contribution < 1.29 is 9.90 Å². The Balaban J connectivity index is 2.37. The smallest absolute Gasteiger partial charge is 0.333 e. The van der Waals surface area contributed by atoms with Crippen LogP contribution in [-0.2, 0) is 4.79 Å². The fourth-order valence-electron chi connectivity index (χ4n) is 3.15. The highest BCUT2D eigenvalue weighted by atomic mass is 16.4. The van der Waals surface area contributed by atoms with Crippen LogP contribution in [0, 0.1) is 5.41 Å². The quantitative estimate of drug-likeness (QED) is 0.697. The van der Waals surface area contributed by atoms with Crippen LogP contribution in [-0.4, -0.2) is 11.1 Å². The monoisotopic (exact) mass is 209 g/mol. The first kappa shape index (κ1) is 10.5. The Hall–Kier alpha value is -0.990. The Morgan fingerprint density at radius 1 is 1.13 bits per heavy atom. The third-order valence-electron chi connectivity index (χ3n) is 4.05. The van der Waals surface area contributed by atoms with E-state index in [2.05, 4.69) is 0 Å². The summed E-state index contributed by atoms with van der Waals surface area (Å²) >= 11 is 0. The van der Waals surface area contributed by atoms with E-state index in [9.17, 15) is 4.79 Å². The molecule has 1 spiro atoms. The average molecular weight is 209 g/mol. The molecule has 1 fully saturated rings. The van der Waals surface area contributed by atoms with Crippen molar-refractivity contribution in [2.24, 2.45) is 11.1 Å². The molecule has 0 atom stereocenters.